The van der Waals surface area contributed by atoms with Crippen molar-refractivity contribution in [3.8, 4) is 16.9 Å². The van der Waals surface area contributed by atoms with Crippen LogP contribution < -0.4 is 15.0 Å². The smallest absolute Gasteiger partial charge is 0.282 e. The van der Waals surface area contributed by atoms with Crippen molar-refractivity contribution in [2.24, 2.45) is 0 Å². The van der Waals surface area contributed by atoms with E-state index in [1.54, 1.807) is 34.9 Å². The van der Waals surface area contributed by atoms with Gasteiger partial charge in [0.25, 0.3) is 11.5 Å². The Hall–Kier alpha value is -3.92. The third-order valence-corrected chi connectivity index (χ3v) is 8.71. The van der Waals surface area contributed by atoms with Gasteiger partial charge in [0.1, 0.15) is 17.3 Å². The Labute approximate surface area is 212 Å². The van der Waals surface area contributed by atoms with Crippen molar-refractivity contribution in [2.75, 3.05) is 6.61 Å². The Morgan fingerprint density at radius 1 is 1.14 bits per heavy atom. The Morgan fingerprint density at radius 2 is 1.95 bits per heavy atom. The number of rotatable bonds is 6. The van der Waals surface area contributed by atoms with Crippen LogP contribution in [0.3, 0.4) is 0 Å². The van der Waals surface area contributed by atoms with Gasteiger partial charge in [-0.15, -0.1) is 0 Å². The van der Waals surface area contributed by atoms with Crippen LogP contribution in [0.4, 0.5) is 4.39 Å². The lowest BCUT2D eigenvalue weighted by molar-refractivity contribution is 0.0974. The highest BCUT2D eigenvalue weighted by atomic mass is 32.2. The summed E-state index contributed by atoms with van der Waals surface area (Å²) < 4.78 is 50.2. The van der Waals surface area contributed by atoms with Crippen molar-refractivity contribution >= 4 is 26.8 Å². The summed E-state index contributed by atoms with van der Waals surface area (Å²) in [4.78, 5) is 29.4. The average molecular weight is 522 g/mol. The summed E-state index contributed by atoms with van der Waals surface area (Å²) in [6, 6.07) is 13.1. The molecule has 1 aliphatic heterocycles. The van der Waals surface area contributed by atoms with E-state index in [1.807, 2.05) is 12.1 Å². The molecule has 0 bridgehead atoms. The first-order valence-corrected chi connectivity index (χ1v) is 13.7. The normalized spacial score (nSPS) is 15.3. The van der Waals surface area contributed by atoms with E-state index in [9.17, 15) is 22.4 Å². The molecule has 6 rings (SSSR count). The molecule has 0 atom stereocenters. The number of aromatic nitrogens is 2. The SMILES string of the molecule is O=C(NS(=O)(=O)C1CC1)c1c(-c2ccc[nH]c2=O)c2c3c(ccc2n1Cc1ccccc1F)CCCO3. The van der Waals surface area contributed by atoms with E-state index in [-0.39, 0.29) is 23.4 Å². The van der Waals surface area contributed by atoms with Crippen LogP contribution in [0, 0.1) is 5.82 Å². The van der Waals surface area contributed by atoms with Crippen molar-refractivity contribution in [3.05, 3.63) is 87.7 Å². The molecule has 0 radical (unpaired) electrons. The van der Waals surface area contributed by atoms with Gasteiger partial charge in [0.2, 0.25) is 10.0 Å². The topological polar surface area (TPSA) is 110 Å². The molecule has 0 saturated heterocycles. The third-order valence-electron chi connectivity index (χ3n) is 6.89. The molecule has 37 heavy (non-hydrogen) atoms. The number of nitrogens with zero attached hydrogens (tertiary/aromatic N) is 1. The number of hydrogen-bond acceptors (Lipinski definition) is 5. The van der Waals surface area contributed by atoms with E-state index in [2.05, 4.69) is 9.71 Å². The fourth-order valence-corrected chi connectivity index (χ4v) is 6.25. The fourth-order valence-electron chi connectivity index (χ4n) is 4.97. The van der Waals surface area contributed by atoms with E-state index in [0.717, 1.165) is 18.4 Å². The lowest BCUT2D eigenvalue weighted by atomic mass is 9.97. The molecule has 4 aromatic rings. The number of carbonyl (C=O) groups excluding carboxylic acids is 1. The number of fused-ring (bicyclic) bond motifs is 3. The van der Waals surface area contributed by atoms with Crippen LogP contribution >= 0.6 is 0 Å². The van der Waals surface area contributed by atoms with E-state index in [1.165, 1.54) is 12.3 Å². The number of benzene rings is 2. The molecule has 0 unspecified atom stereocenters. The Balaban J connectivity index is 1.68. The highest BCUT2D eigenvalue weighted by Gasteiger charge is 2.39. The van der Waals surface area contributed by atoms with Gasteiger partial charge >= 0.3 is 0 Å². The average Bonchev–Trinajstić information content (AvgIpc) is 3.70. The number of ether oxygens (including phenoxy) is 1. The number of aryl methyl sites for hydroxylation is 1. The summed E-state index contributed by atoms with van der Waals surface area (Å²) in [5, 5.41) is -0.0975. The number of sulfonamides is 1. The molecule has 2 aliphatic rings. The van der Waals surface area contributed by atoms with Gasteiger partial charge in [-0.05, 0) is 55.5 Å². The van der Waals surface area contributed by atoms with Crippen LogP contribution in [0.5, 0.6) is 5.75 Å². The zero-order valence-corrected chi connectivity index (χ0v) is 20.6. The number of nitrogens with one attached hydrogen (secondary N) is 2. The largest absolute Gasteiger partial charge is 0.493 e. The zero-order valence-electron chi connectivity index (χ0n) is 19.8. The lowest BCUT2D eigenvalue weighted by Gasteiger charge is -2.19. The number of hydrogen-bond donors (Lipinski definition) is 2. The van der Waals surface area contributed by atoms with Crippen molar-refractivity contribution in [3.63, 3.8) is 0 Å². The van der Waals surface area contributed by atoms with E-state index >= 15 is 0 Å². The number of carbonyl (C=O) groups is 1. The first kappa shape index (κ1) is 23.5. The van der Waals surface area contributed by atoms with Crippen LogP contribution in [0.1, 0.15) is 40.9 Å². The maximum absolute atomic E-state index is 14.8. The minimum absolute atomic E-state index is 0.0400. The number of H-pyrrole nitrogens is 1. The first-order valence-electron chi connectivity index (χ1n) is 12.1. The molecule has 10 heteroatoms. The van der Waals surface area contributed by atoms with Crippen LogP contribution in [-0.2, 0) is 23.0 Å². The van der Waals surface area contributed by atoms with Gasteiger partial charge in [-0.2, -0.15) is 0 Å². The van der Waals surface area contributed by atoms with Gasteiger partial charge in [-0.25, -0.2) is 17.5 Å². The fraction of sp³-hybridized carbons (Fsp3) is 0.259. The quantitative estimate of drug-likeness (QED) is 0.402. The molecule has 2 aromatic carbocycles. The van der Waals surface area contributed by atoms with Crippen LogP contribution in [0.25, 0.3) is 22.0 Å². The highest BCUT2D eigenvalue weighted by molar-refractivity contribution is 7.91. The van der Waals surface area contributed by atoms with E-state index < -0.39 is 32.6 Å². The van der Waals surface area contributed by atoms with E-state index in [4.69, 9.17) is 4.74 Å². The summed E-state index contributed by atoms with van der Waals surface area (Å²) in [5.41, 5.74) is 1.74. The van der Waals surface area contributed by atoms with Gasteiger partial charge in [0, 0.05) is 17.3 Å². The molecular weight excluding hydrogens is 497 g/mol. The summed E-state index contributed by atoms with van der Waals surface area (Å²) in [7, 11) is -3.90. The Bertz CT molecular complexity index is 1720. The molecule has 1 fully saturated rings. The number of halogens is 1. The summed E-state index contributed by atoms with van der Waals surface area (Å²) >= 11 is 0. The molecule has 1 saturated carbocycles. The van der Waals surface area contributed by atoms with Crippen LogP contribution in [0.15, 0.2) is 59.5 Å². The number of amides is 1. The minimum Gasteiger partial charge on any atom is -0.493 e. The number of aromatic amines is 1. The van der Waals surface area contributed by atoms with Gasteiger partial charge < -0.3 is 14.3 Å². The predicted octanol–water partition coefficient (Wildman–Crippen LogP) is 3.73. The number of pyridine rings is 1. The zero-order chi connectivity index (χ0) is 25.7. The van der Waals surface area contributed by atoms with Crippen molar-refractivity contribution in [2.45, 2.75) is 37.5 Å². The molecule has 3 heterocycles. The minimum atomic E-state index is -3.90. The molecule has 2 aromatic heterocycles. The van der Waals surface area contributed by atoms with Gasteiger partial charge in [0.05, 0.1) is 34.9 Å². The second-order valence-corrected chi connectivity index (χ2v) is 11.4. The maximum atomic E-state index is 14.8. The Kier molecular flexibility index (Phi) is 5.63. The van der Waals surface area contributed by atoms with Crippen LogP contribution in [0.2, 0.25) is 0 Å². The van der Waals surface area contributed by atoms with Gasteiger partial charge in [0.15, 0.2) is 0 Å². The van der Waals surface area contributed by atoms with Gasteiger partial charge in [-0.1, -0.05) is 24.3 Å². The molecule has 1 aliphatic carbocycles. The lowest BCUT2D eigenvalue weighted by Crippen LogP contribution is -2.35. The molecule has 2 N–H and O–H groups in total. The van der Waals surface area contributed by atoms with Crippen molar-refractivity contribution in [1.29, 1.82) is 0 Å². The van der Waals surface area contributed by atoms with Crippen molar-refractivity contribution < 1.29 is 22.3 Å². The molecule has 190 valence electrons. The van der Waals surface area contributed by atoms with E-state index in [0.29, 0.717) is 41.7 Å². The molecule has 1 amide bonds. The van der Waals surface area contributed by atoms with Crippen molar-refractivity contribution in [1.82, 2.24) is 14.3 Å². The highest BCUT2D eigenvalue weighted by Crippen LogP contribution is 2.43. The molecule has 0 spiro atoms. The summed E-state index contributed by atoms with van der Waals surface area (Å²) in [6.07, 6.45) is 4.02. The summed E-state index contributed by atoms with van der Waals surface area (Å²) in [6.45, 7) is 0.408. The second-order valence-electron chi connectivity index (χ2n) is 9.39. The summed E-state index contributed by atoms with van der Waals surface area (Å²) in [5.74, 6) is -0.787. The van der Waals surface area contributed by atoms with Gasteiger partial charge in [-0.3, -0.25) is 9.59 Å². The maximum Gasteiger partial charge on any atom is 0.282 e. The van der Waals surface area contributed by atoms with Crippen LogP contribution in [-0.4, -0.2) is 35.7 Å². The standard InChI is InChI=1S/C27H24FN3O5S/c28-20-8-2-1-5-17(20)15-31-21-12-9-16-6-4-14-36-25(16)23(21)22(19-7-3-13-29-26(19)32)24(31)27(33)30-37(34,35)18-10-11-18/h1-3,5,7-9,12-13,18H,4,6,10-11,14-15H2,(H,29,32)(H,30,33). The third kappa shape index (κ3) is 4.11. The Morgan fingerprint density at radius 3 is 2.70 bits per heavy atom. The first-order chi connectivity index (χ1) is 17.8. The predicted molar refractivity (Wildman–Crippen MR) is 137 cm³/mol. The second kappa shape index (κ2) is 8.88. The molecular formula is C27H24FN3O5S. The monoisotopic (exact) mass is 521 g/mol. The molecule has 8 nitrogen and oxygen atoms in total.